The molecule has 7 heteroatoms. The molecule has 1 saturated heterocycles. The van der Waals surface area contributed by atoms with Gasteiger partial charge in [-0.3, -0.25) is 19.4 Å². The van der Waals surface area contributed by atoms with Gasteiger partial charge in [0, 0.05) is 22.8 Å². The van der Waals surface area contributed by atoms with Crippen LogP contribution in [0, 0.1) is 0 Å². The van der Waals surface area contributed by atoms with Gasteiger partial charge in [-0.05, 0) is 54.3 Å². The summed E-state index contributed by atoms with van der Waals surface area (Å²) >= 11 is 8.49. The fraction of sp³-hybridized carbons (Fsp3) is 0.179. The predicted molar refractivity (Wildman–Crippen MR) is 149 cm³/mol. The normalized spacial score (nSPS) is 16.0. The predicted octanol–water partition coefficient (Wildman–Crippen LogP) is 7.06. The summed E-state index contributed by atoms with van der Waals surface area (Å²) in [6.45, 7) is 2.54. The zero-order valence-electron chi connectivity index (χ0n) is 19.3. The molecule has 5 rings (SSSR count). The van der Waals surface area contributed by atoms with Crippen LogP contribution in [0.15, 0.2) is 87.5 Å². The van der Waals surface area contributed by atoms with Crippen LogP contribution in [-0.2, 0) is 16.0 Å². The van der Waals surface area contributed by atoms with Crippen molar-refractivity contribution in [2.75, 3.05) is 11.4 Å². The van der Waals surface area contributed by atoms with Gasteiger partial charge in [0.05, 0.1) is 16.3 Å². The van der Waals surface area contributed by atoms with Crippen molar-refractivity contribution in [1.82, 2.24) is 4.90 Å². The summed E-state index contributed by atoms with van der Waals surface area (Å²) in [5.41, 5.74) is 4.06. The second kappa shape index (κ2) is 10.4. The van der Waals surface area contributed by atoms with Gasteiger partial charge < -0.3 is 0 Å². The van der Waals surface area contributed by atoms with E-state index in [1.807, 2.05) is 71.6 Å². The number of aryl methyl sites for hydroxylation is 1. The average Bonchev–Trinajstić information content (AvgIpc) is 3.14. The van der Waals surface area contributed by atoms with Crippen LogP contribution in [0.25, 0.3) is 6.08 Å². The summed E-state index contributed by atoms with van der Waals surface area (Å²) in [6.07, 6.45) is 3.73. The molecular formula is C28H24N2O2S3. The van der Waals surface area contributed by atoms with E-state index in [4.69, 9.17) is 12.2 Å². The number of para-hydroxylation sites is 2. The van der Waals surface area contributed by atoms with Crippen molar-refractivity contribution in [3.63, 3.8) is 0 Å². The maximum absolute atomic E-state index is 13.4. The first kappa shape index (κ1) is 23.9. The Balaban J connectivity index is 1.26. The number of hydrogen-bond donors (Lipinski definition) is 0. The molecule has 2 aliphatic heterocycles. The Bertz CT molecular complexity index is 1290. The summed E-state index contributed by atoms with van der Waals surface area (Å²) in [5.74, 6) is -0.0701. The second-order valence-electron chi connectivity index (χ2n) is 8.30. The van der Waals surface area contributed by atoms with Crippen molar-refractivity contribution in [3.8, 4) is 0 Å². The minimum atomic E-state index is -0.0860. The van der Waals surface area contributed by atoms with Gasteiger partial charge in [0.15, 0.2) is 0 Å². The lowest BCUT2D eigenvalue weighted by molar-refractivity contribution is -0.123. The van der Waals surface area contributed by atoms with Gasteiger partial charge in [-0.1, -0.05) is 91.2 Å². The number of carbonyl (C=O) groups is 2. The third kappa shape index (κ3) is 4.94. The lowest BCUT2D eigenvalue weighted by Gasteiger charge is -2.31. The largest absolute Gasteiger partial charge is 0.293 e. The summed E-state index contributed by atoms with van der Waals surface area (Å²) in [5, 5.41) is 0. The molecule has 0 aliphatic carbocycles. The lowest BCUT2D eigenvalue weighted by Crippen LogP contribution is -2.32. The molecular weight excluding hydrogens is 493 g/mol. The number of rotatable bonds is 6. The van der Waals surface area contributed by atoms with Gasteiger partial charge in [-0.2, -0.15) is 0 Å². The smallest absolute Gasteiger partial charge is 0.266 e. The van der Waals surface area contributed by atoms with Crippen molar-refractivity contribution >= 4 is 69.3 Å². The van der Waals surface area contributed by atoms with E-state index in [1.54, 1.807) is 16.7 Å². The number of carbonyl (C=O) groups excluding carboxylic acids is 2. The molecule has 0 unspecified atom stereocenters. The molecule has 4 nitrogen and oxygen atoms in total. The Morgan fingerprint density at radius 2 is 1.54 bits per heavy atom. The van der Waals surface area contributed by atoms with Crippen LogP contribution < -0.4 is 4.90 Å². The molecule has 176 valence electrons. The summed E-state index contributed by atoms with van der Waals surface area (Å²) in [4.78, 5) is 32.6. The maximum Gasteiger partial charge on any atom is 0.266 e. The Labute approximate surface area is 219 Å². The van der Waals surface area contributed by atoms with Gasteiger partial charge in [-0.25, -0.2) is 0 Å². The number of anilines is 2. The van der Waals surface area contributed by atoms with E-state index >= 15 is 0 Å². The van der Waals surface area contributed by atoms with Crippen LogP contribution in [0.4, 0.5) is 11.4 Å². The summed E-state index contributed by atoms with van der Waals surface area (Å²) in [7, 11) is 0. The Hall–Kier alpha value is -2.87. The molecule has 0 bridgehead atoms. The minimum absolute atomic E-state index is 0.0159. The fourth-order valence-electron chi connectivity index (χ4n) is 4.17. The minimum Gasteiger partial charge on any atom is -0.293 e. The molecule has 0 atom stereocenters. The van der Waals surface area contributed by atoms with Gasteiger partial charge in [-0.15, -0.1) is 0 Å². The highest BCUT2D eigenvalue weighted by Crippen LogP contribution is 2.48. The SMILES string of the molecule is CCc1ccc(/C=C2\SC(=S)N(CCCC(=O)N3c4ccccc4Sc4ccccc43)C2=O)cc1. The molecule has 2 amide bonds. The van der Waals surface area contributed by atoms with Crippen molar-refractivity contribution in [1.29, 1.82) is 0 Å². The Morgan fingerprint density at radius 1 is 0.914 bits per heavy atom. The van der Waals surface area contributed by atoms with E-state index in [2.05, 4.69) is 19.1 Å². The zero-order chi connectivity index (χ0) is 24.4. The monoisotopic (exact) mass is 516 g/mol. The lowest BCUT2D eigenvalue weighted by atomic mass is 10.1. The first-order valence-corrected chi connectivity index (χ1v) is 13.6. The first-order valence-electron chi connectivity index (χ1n) is 11.6. The highest BCUT2D eigenvalue weighted by Gasteiger charge is 2.32. The van der Waals surface area contributed by atoms with E-state index in [-0.39, 0.29) is 11.8 Å². The highest BCUT2D eigenvalue weighted by molar-refractivity contribution is 8.26. The third-order valence-corrected chi connectivity index (χ3v) is 8.52. The van der Waals surface area contributed by atoms with E-state index in [0.717, 1.165) is 33.2 Å². The quantitative estimate of drug-likeness (QED) is 0.259. The molecule has 0 spiro atoms. The summed E-state index contributed by atoms with van der Waals surface area (Å²) in [6, 6.07) is 24.1. The Morgan fingerprint density at radius 3 is 2.17 bits per heavy atom. The van der Waals surface area contributed by atoms with Gasteiger partial charge >= 0.3 is 0 Å². The van der Waals surface area contributed by atoms with Crippen LogP contribution in [0.3, 0.4) is 0 Å². The van der Waals surface area contributed by atoms with Crippen LogP contribution in [0.5, 0.6) is 0 Å². The first-order chi connectivity index (χ1) is 17.0. The van der Waals surface area contributed by atoms with Crippen LogP contribution in [-0.4, -0.2) is 27.6 Å². The number of amides is 2. The van der Waals surface area contributed by atoms with Crippen molar-refractivity contribution in [2.24, 2.45) is 0 Å². The van der Waals surface area contributed by atoms with Crippen molar-refractivity contribution < 1.29 is 9.59 Å². The molecule has 35 heavy (non-hydrogen) atoms. The molecule has 0 saturated carbocycles. The van der Waals surface area contributed by atoms with E-state index in [1.165, 1.54) is 17.3 Å². The van der Waals surface area contributed by atoms with Gasteiger partial charge in [0.2, 0.25) is 5.91 Å². The number of fused-ring (bicyclic) bond motifs is 2. The highest BCUT2D eigenvalue weighted by atomic mass is 32.2. The zero-order valence-corrected chi connectivity index (χ0v) is 21.7. The third-order valence-electron chi connectivity index (χ3n) is 6.01. The van der Waals surface area contributed by atoms with Crippen LogP contribution >= 0.6 is 35.7 Å². The molecule has 2 aliphatic rings. The van der Waals surface area contributed by atoms with Gasteiger partial charge in [0.25, 0.3) is 5.91 Å². The molecule has 0 N–H and O–H groups in total. The number of hydrogen-bond acceptors (Lipinski definition) is 5. The van der Waals surface area contributed by atoms with E-state index < -0.39 is 0 Å². The molecule has 0 radical (unpaired) electrons. The number of thioether (sulfide) groups is 1. The molecule has 2 heterocycles. The van der Waals surface area contributed by atoms with E-state index in [0.29, 0.717) is 28.6 Å². The standard InChI is InChI=1S/C28H24N2O2S3/c1-2-19-13-15-20(16-14-19)18-25-27(32)29(28(33)35-25)17-7-12-26(31)30-21-8-3-5-10-23(21)34-24-11-6-4-9-22(24)30/h3-6,8-11,13-16,18H,2,7,12,17H2,1H3/b25-18-. The summed E-state index contributed by atoms with van der Waals surface area (Å²) < 4.78 is 0.545. The fourth-order valence-corrected chi connectivity index (χ4v) is 6.53. The molecule has 3 aromatic rings. The Kier molecular flexibility index (Phi) is 7.09. The molecule has 0 aromatic heterocycles. The number of nitrogens with zero attached hydrogens (tertiary/aromatic N) is 2. The van der Waals surface area contributed by atoms with Crippen LogP contribution in [0.1, 0.15) is 30.9 Å². The molecule has 3 aromatic carbocycles. The van der Waals surface area contributed by atoms with E-state index in [9.17, 15) is 9.59 Å². The van der Waals surface area contributed by atoms with Crippen molar-refractivity contribution in [3.05, 3.63) is 88.8 Å². The molecule has 1 fully saturated rings. The topological polar surface area (TPSA) is 40.6 Å². The number of thiocarbonyl (C=S) groups is 1. The van der Waals surface area contributed by atoms with Crippen LogP contribution in [0.2, 0.25) is 0 Å². The van der Waals surface area contributed by atoms with Crippen molar-refractivity contribution in [2.45, 2.75) is 36.0 Å². The average molecular weight is 517 g/mol. The van der Waals surface area contributed by atoms with Gasteiger partial charge in [0.1, 0.15) is 4.32 Å². The second-order valence-corrected chi connectivity index (χ2v) is 11.1. The number of benzene rings is 3. The maximum atomic E-state index is 13.4.